The number of halogens is 1. The first-order valence-electron chi connectivity index (χ1n) is 9.38. The number of carbonyl (C=O) groups is 2. The average Bonchev–Trinajstić information content (AvgIpc) is 2.79. The Morgan fingerprint density at radius 3 is 2.63 bits per heavy atom. The van der Waals surface area contributed by atoms with Crippen LogP contribution in [0.25, 0.3) is 0 Å². The summed E-state index contributed by atoms with van der Waals surface area (Å²) in [4.78, 5) is 23.7. The third-order valence-electron chi connectivity index (χ3n) is 8.15. The number of aliphatic carboxylic acids is 1. The molecule has 0 unspecified atom stereocenters. The first-order valence-corrected chi connectivity index (χ1v) is 9.38. The summed E-state index contributed by atoms with van der Waals surface area (Å²) in [5.41, 5.74) is -5.73. The fourth-order valence-corrected chi connectivity index (χ4v) is 6.57. The molecule has 6 heteroatoms. The number of ketones is 1. The predicted octanol–water partition coefficient (Wildman–Crippen LogP) is 2.34. The molecule has 0 bridgehead atoms. The van der Waals surface area contributed by atoms with Gasteiger partial charge in [0.05, 0.1) is 6.10 Å². The summed E-state index contributed by atoms with van der Waals surface area (Å²) < 4.78 is 16.7. The summed E-state index contributed by atoms with van der Waals surface area (Å²) in [5.74, 6) is -2.68. The van der Waals surface area contributed by atoms with Gasteiger partial charge in [0.15, 0.2) is 17.1 Å². The van der Waals surface area contributed by atoms with Gasteiger partial charge in [-0.3, -0.25) is 4.79 Å². The number of allylic oxidation sites excluding steroid dienone is 4. The third kappa shape index (κ3) is 1.86. The van der Waals surface area contributed by atoms with Crippen molar-refractivity contribution in [2.24, 2.45) is 22.7 Å². The van der Waals surface area contributed by atoms with E-state index in [1.165, 1.54) is 12.2 Å². The van der Waals surface area contributed by atoms with Crippen LogP contribution in [-0.2, 0) is 9.59 Å². The van der Waals surface area contributed by atoms with Crippen LogP contribution in [0.3, 0.4) is 0 Å². The SMILES string of the molecule is C=C1C[C@H]2[C@@H]3CCC4=CC(=O)C=C[C@]4(C)[C@@]3(F)[C@@H](O)C[C@]2(C)[C@@]1(O)C(=O)O. The second-order valence-corrected chi connectivity index (χ2v) is 9.09. The van der Waals surface area contributed by atoms with E-state index in [1.54, 1.807) is 19.9 Å². The van der Waals surface area contributed by atoms with Crippen LogP contribution in [0.5, 0.6) is 0 Å². The number of carboxylic acids is 1. The van der Waals surface area contributed by atoms with Gasteiger partial charge in [-0.25, -0.2) is 9.18 Å². The molecule has 0 radical (unpaired) electrons. The van der Waals surface area contributed by atoms with Crippen LogP contribution < -0.4 is 0 Å². The van der Waals surface area contributed by atoms with E-state index in [-0.39, 0.29) is 24.2 Å². The largest absolute Gasteiger partial charge is 0.479 e. The molecule has 146 valence electrons. The van der Waals surface area contributed by atoms with E-state index in [1.807, 2.05) is 0 Å². The topological polar surface area (TPSA) is 94.8 Å². The Labute approximate surface area is 157 Å². The maximum Gasteiger partial charge on any atom is 0.340 e. The number of carbonyl (C=O) groups excluding carboxylic acids is 1. The van der Waals surface area contributed by atoms with Crippen LogP contribution in [0.15, 0.2) is 36.0 Å². The van der Waals surface area contributed by atoms with Crippen LogP contribution in [-0.4, -0.2) is 44.4 Å². The number of hydrogen-bond acceptors (Lipinski definition) is 4. The molecule has 3 N–H and O–H groups in total. The fraction of sp³-hybridized carbons (Fsp3) is 0.619. The highest BCUT2D eigenvalue weighted by atomic mass is 19.1. The molecule has 4 rings (SSSR count). The summed E-state index contributed by atoms with van der Waals surface area (Å²) in [6, 6.07) is 0. The molecule has 5 nitrogen and oxygen atoms in total. The van der Waals surface area contributed by atoms with Crippen molar-refractivity contribution < 1.29 is 29.3 Å². The Hall–Kier alpha value is -1.79. The molecule has 0 saturated heterocycles. The molecule has 4 aliphatic carbocycles. The minimum Gasteiger partial charge on any atom is -0.479 e. The number of rotatable bonds is 1. The van der Waals surface area contributed by atoms with E-state index in [0.717, 1.165) is 0 Å². The van der Waals surface area contributed by atoms with E-state index in [2.05, 4.69) is 6.58 Å². The lowest BCUT2D eigenvalue weighted by Crippen LogP contribution is -2.69. The minimum atomic E-state index is -2.19. The van der Waals surface area contributed by atoms with Crippen molar-refractivity contribution >= 4 is 11.8 Å². The van der Waals surface area contributed by atoms with E-state index in [4.69, 9.17) is 0 Å². The Morgan fingerprint density at radius 1 is 1.33 bits per heavy atom. The van der Waals surface area contributed by atoms with Gasteiger partial charge < -0.3 is 15.3 Å². The number of hydrogen-bond donors (Lipinski definition) is 3. The third-order valence-corrected chi connectivity index (χ3v) is 8.15. The van der Waals surface area contributed by atoms with Crippen LogP contribution in [0.2, 0.25) is 0 Å². The van der Waals surface area contributed by atoms with Gasteiger partial charge in [-0.2, -0.15) is 0 Å². The molecule has 0 heterocycles. The smallest absolute Gasteiger partial charge is 0.340 e. The van der Waals surface area contributed by atoms with Crippen LogP contribution in [0.1, 0.15) is 39.5 Å². The normalized spacial score (nSPS) is 51.3. The molecule has 27 heavy (non-hydrogen) atoms. The fourth-order valence-electron chi connectivity index (χ4n) is 6.57. The van der Waals surface area contributed by atoms with Crippen molar-refractivity contribution in [1.29, 1.82) is 0 Å². The van der Waals surface area contributed by atoms with E-state index in [9.17, 15) is 24.9 Å². The van der Waals surface area contributed by atoms with Gasteiger partial charge in [-0.1, -0.05) is 25.2 Å². The second kappa shape index (κ2) is 5.17. The van der Waals surface area contributed by atoms with Crippen molar-refractivity contribution in [1.82, 2.24) is 0 Å². The van der Waals surface area contributed by atoms with Crippen LogP contribution >= 0.6 is 0 Å². The molecular formula is C21H25FO5. The van der Waals surface area contributed by atoms with E-state index < -0.39 is 46.0 Å². The lowest BCUT2D eigenvalue weighted by molar-refractivity contribution is -0.220. The number of aliphatic hydroxyl groups excluding tert-OH is 1. The standard InChI is InChI=1S/C21H25FO5/c1-11-8-15-14-5-4-12-9-13(23)6-7-18(12,2)20(14,22)16(24)10-19(15,3)21(11,27)17(25)26/h6-7,9,14-16,24,27H,1,4-5,8,10H2,2-3H3,(H,25,26)/t14-,15-,16-,18-,19-,20-,21-/m0/s1. The van der Waals surface area contributed by atoms with Crippen molar-refractivity contribution in [2.75, 3.05) is 0 Å². The van der Waals surface area contributed by atoms with Gasteiger partial charge in [0.2, 0.25) is 0 Å². The molecule has 0 amide bonds. The number of carboxylic acid groups (broad SMARTS) is 1. The van der Waals surface area contributed by atoms with E-state index >= 15 is 4.39 Å². The molecular weight excluding hydrogens is 351 g/mol. The molecule has 3 fully saturated rings. The summed E-state index contributed by atoms with van der Waals surface area (Å²) in [7, 11) is 0. The Balaban J connectivity index is 1.86. The van der Waals surface area contributed by atoms with Gasteiger partial charge in [0, 0.05) is 16.7 Å². The van der Waals surface area contributed by atoms with Gasteiger partial charge >= 0.3 is 5.97 Å². The van der Waals surface area contributed by atoms with Gasteiger partial charge in [-0.15, -0.1) is 0 Å². The second-order valence-electron chi connectivity index (χ2n) is 9.09. The van der Waals surface area contributed by atoms with Gasteiger partial charge in [0.25, 0.3) is 0 Å². The Morgan fingerprint density at radius 2 is 2.00 bits per heavy atom. The summed E-state index contributed by atoms with van der Waals surface area (Å²) >= 11 is 0. The number of fused-ring (bicyclic) bond motifs is 5. The Kier molecular flexibility index (Phi) is 3.56. The minimum absolute atomic E-state index is 0.166. The summed E-state index contributed by atoms with van der Waals surface area (Å²) in [6.45, 7) is 7.11. The van der Waals surface area contributed by atoms with E-state index in [0.29, 0.717) is 18.4 Å². The van der Waals surface area contributed by atoms with Crippen molar-refractivity contribution in [3.63, 3.8) is 0 Å². The Bertz CT molecular complexity index is 830. The zero-order valence-corrected chi connectivity index (χ0v) is 15.5. The molecule has 3 saturated carbocycles. The molecule has 4 aliphatic rings. The first-order chi connectivity index (χ1) is 12.4. The predicted molar refractivity (Wildman–Crippen MR) is 95.5 cm³/mol. The molecule has 7 atom stereocenters. The molecule has 0 aliphatic heterocycles. The maximum atomic E-state index is 16.7. The molecule has 0 aromatic heterocycles. The zero-order valence-electron chi connectivity index (χ0n) is 15.5. The van der Waals surface area contributed by atoms with Gasteiger partial charge in [0.1, 0.15) is 0 Å². The highest BCUT2D eigenvalue weighted by Gasteiger charge is 2.75. The number of aliphatic hydroxyl groups is 2. The zero-order chi connectivity index (χ0) is 20.0. The van der Waals surface area contributed by atoms with Crippen LogP contribution in [0.4, 0.5) is 4.39 Å². The molecule has 0 aromatic carbocycles. The monoisotopic (exact) mass is 376 g/mol. The lowest BCUT2D eigenvalue weighted by Gasteiger charge is -2.62. The van der Waals surface area contributed by atoms with Crippen molar-refractivity contribution in [2.45, 2.75) is 56.9 Å². The highest BCUT2D eigenvalue weighted by Crippen LogP contribution is 2.70. The first kappa shape index (κ1) is 18.6. The van der Waals surface area contributed by atoms with Gasteiger partial charge in [-0.05, 0) is 56.3 Å². The maximum absolute atomic E-state index is 16.7. The number of alkyl halides is 1. The summed E-state index contributed by atoms with van der Waals surface area (Å²) in [5, 5.41) is 31.7. The average molecular weight is 376 g/mol. The molecule has 0 spiro atoms. The lowest BCUT2D eigenvalue weighted by atomic mass is 9.45. The van der Waals surface area contributed by atoms with Crippen LogP contribution in [0, 0.1) is 22.7 Å². The molecule has 0 aromatic rings. The highest BCUT2D eigenvalue weighted by molar-refractivity contribution is 6.01. The quantitative estimate of drug-likeness (QED) is 0.611. The summed E-state index contributed by atoms with van der Waals surface area (Å²) in [6.07, 6.45) is 3.80. The van der Waals surface area contributed by atoms with Crippen molar-refractivity contribution in [3.05, 3.63) is 36.0 Å². The van der Waals surface area contributed by atoms with Crippen molar-refractivity contribution in [3.8, 4) is 0 Å².